The second-order valence-corrected chi connectivity index (χ2v) is 11.8. The standard InChI is InChI=1S/C20H22S4/c1-3-9-17(10-4-1)19(21-13-7-14-22-19)20(23-15-8-16-24-20)18-11-5-2-6-12-18/h1-6,9-12H,7-8,13-16H2. The molecule has 2 fully saturated rings. The van der Waals surface area contributed by atoms with Crippen LogP contribution >= 0.6 is 47.0 Å². The zero-order chi connectivity index (χ0) is 16.3. The average Bonchev–Trinajstić information content (AvgIpc) is 2.70. The van der Waals surface area contributed by atoms with Gasteiger partial charge in [0.1, 0.15) is 8.16 Å². The molecule has 0 N–H and O–H groups in total. The third-order valence-corrected chi connectivity index (χ3v) is 12.2. The van der Waals surface area contributed by atoms with Crippen LogP contribution in [0.3, 0.4) is 0 Å². The molecule has 0 radical (unpaired) electrons. The predicted octanol–water partition coefficient (Wildman–Crippen LogP) is 6.43. The maximum Gasteiger partial charge on any atom is 0.114 e. The molecule has 0 amide bonds. The van der Waals surface area contributed by atoms with Gasteiger partial charge in [0.25, 0.3) is 0 Å². The van der Waals surface area contributed by atoms with Gasteiger partial charge in [-0.25, -0.2) is 0 Å². The molecule has 4 heteroatoms. The van der Waals surface area contributed by atoms with Gasteiger partial charge in [0, 0.05) is 0 Å². The normalized spacial score (nSPS) is 22.8. The summed E-state index contributed by atoms with van der Waals surface area (Å²) in [6.45, 7) is 0. The third kappa shape index (κ3) is 2.94. The Bertz CT molecular complexity index is 584. The first-order chi connectivity index (χ1) is 11.9. The van der Waals surface area contributed by atoms with Gasteiger partial charge in [-0.2, -0.15) is 0 Å². The highest BCUT2D eigenvalue weighted by molar-refractivity contribution is 8.24. The Labute approximate surface area is 162 Å². The largest absolute Gasteiger partial charge is 0.137 e. The molecule has 2 aromatic carbocycles. The molecule has 24 heavy (non-hydrogen) atoms. The van der Waals surface area contributed by atoms with E-state index in [1.165, 1.54) is 47.0 Å². The van der Waals surface area contributed by atoms with Crippen LogP contribution in [0.15, 0.2) is 60.7 Å². The summed E-state index contributed by atoms with van der Waals surface area (Å²) in [5.74, 6) is 5.05. The van der Waals surface area contributed by atoms with Crippen molar-refractivity contribution in [3.05, 3.63) is 71.8 Å². The average molecular weight is 391 g/mol. The summed E-state index contributed by atoms with van der Waals surface area (Å²) in [6.07, 6.45) is 2.65. The molecule has 0 atom stereocenters. The first kappa shape index (κ1) is 17.3. The van der Waals surface area contributed by atoms with E-state index in [0.717, 1.165) is 0 Å². The molecule has 2 aliphatic heterocycles. The quantitative estimate of drug-likeness (QED) is 0.591. The first-order valence-electron chi connectivity index (χ1n) is 8.54. The Morgan fingerprint density at radius 2 is 0.833 bits per heavy atom. The molecular formula is C20H22S4. The van der Waals surface area contributed by atoms with E-state index in [9.17, 15) is 0 Å². The lowest BCUT2D eigenvalue weighted by Gasteiger charge is -2.52. The Balaban J connectivity index is 1.90. The fraction of sp³-hybridized carbons (Fsp3) is 0.400. The van der Waals surface area contributed by atoms with Crippen LogP contribution in [0.1, 0.15) is 24.0 Å². The Morgan fingerprint density at radius 3 is 1.17 bits per heavy atom. The molecule has 2 aromatic rings. The highest BCUT2D eigenvalue weighted by atomic mass is 32.2. The summed E-state index contributed by atoms with van der Waals surface area (Å²) in [5, 5.41) is 0. The fourth-order valence-electron chi connectivity index (χ4n) is 3.47. The van der Waals surface area contributed by atoms with Gasteiger partial charge in [-0.15, -0.1) is 47.0 Å². The zero-order valence-electron chi connectivity index (χ0n) is 13.6. The summed E-state index contributed by atoms with van der Waals surface area (Å²) in [7, 11) is 0. The summed E-state index contributed by atoms with van der Waals surface area (Å²) in [6, 6.07) is 22.5. The molecule has 0 nitrogen and oxygen atoms in total. The second-order valence-electron chi connectivity index (χ2n) is 6.07. The van der Waals surface area contributed by atoms with Crippen LogP contribution in [-0.4, -0.2) is 23.0 Å². The predicted molar refractivity (Wildman–Crippen MR) is 115 cm³/mol. The maximum absolute atomic E-state index is 2.35. The molecule has 2 aliphatic rings. The zero-order valence-corrected chi connectivity index (χ0v) is 16.9. The number of benzene rings is 2. The van der Waals surface area contributed by atoms with Crippen molar-refractivity contribution in [2.75, 3.05) is 23.0 Å². The molecule has 0 aliphatic carbocycles. The Hall–Kier alpha value is -0.160. The van der Waals surface area contributed by atoms with E-state index in [-0.39, 0.29) is 8.16 Å². The van der Waals surface area contributed by atoms with Crippen LogP contribution in [0.2, 0.25) is 0 Å². The van der Waals surface area contributed by atoms with Crippen molar-refractivity contribution in [1.82, 2.24) is 0 Å². The van der Waals surface area contributed by atoms with Crippen LogP contribution in [0.5, 0.6) is 0 Å². The van der Waals surface area contributed by atoms with Gasteiger partial charge in [-0.1, -0.05) is 60.7 Å². The fourth-order valence-corrected chi connectivity index (χ4v) is 11.7. The molecule has 0 aromatic heterocycles. The molecule has 0 bridgehead atoms. The lowest BCUT2D eigenvalue weighted by molar-refractivity contribution is 0.761. The smallest absolute Gasteiger partial charge is 0.114 e. The van der Waals surface area contributed by atoms with Gasteiger partial charge in [0.2, 0.25) is 0 Å². The van der Waals surface area contributed by atoms with Gasteiger partial charge in [-0.05, 0) is 47.0 Å². The van der Waals surface area contributed by atoms with E-state index in [4.69, 9.17) is 0 Å². The lowest BCUT2D eigenvalue weighted by Crippen LogP contribution is -2.43. The molecule has 0 spiro atoms. The van der Waals surface area contributed by atoms with E-state index in [1.807, 2.05) is 0 Å². The van der Waals surface area contributed by atoms with Gasteiger partial charge in [0.15, 0.2) is 0 Å². The summed E-state index contributed by atoms with van der Waals surface area (Å²) in [4.78, 5) is 0. The Morgan fingerprint density at radius 1 is 0.500 bits per heavy atom. The SMILES string of the molecule is c1ccc(C2(C3(c4ccccc4)SCCCS3)SCCCS2)cc1. The first-order valence-corrected chi connectivity index (χ1v) is 12.5. The van der Waals surface area contributed by atoms with Crippen LogP contribution < -0.4 is 0 Å². The molecule has 0 saturated carbocycles. The summed E-state index contributed by atoms with van der Waals surface area (Å²) >= 11 is 8.74. The molecule has 126 valence electrons. The van der Waals surface area contributed by atoms with E-state index in [0.29, 0.717) is 0 Å². The second kappa shape index (κ2) is 7.61. The van der Waals surface area contributed by atoms with Crippen molar-refractivity contribution < 1.29 is 0 Å². The van der Waals surface area contributed by atoms with Crippen molar-refractivity contribution in [3.63, 3.8) is 0 Å². The van der Waals surface area contributed by atoms with E-state index in [1.54, 1.807) is 0 Å². The van der Waals surface area contributed by atoms with Crippen molar-refractivity contribution >= 4 is 47.0 Å². The van der Waals surface area contributed by atoms with Gasteiger partial charge in [0.05, 0.1) is 0 Å². The van der Waals surface area contributed by atoms with Crippen LogP contribution in [0.4, 0.5) is 0 Å². The minimum Gasteiger partial charge on any atom is -0.137 e. The van der Waals surface area contributed by atoms with E-state index >= 15 is 0 Å². The number of hydrogen-bond acceptors (Lipinski definition) is 4. The Kier molecular flexibility index (Phi) is 5.47. The molecular weight excluding hydrogens is 368 g/mol. The highest BCUT2D eigenvalue weighted by Crippen LogP contribution is 2.70. The molecule has 2 heterocycles. The monoisotopic (exact) mass is 390 g/mol. The van der Waals surface area contributed by atoms with Crippen molar-refractivity contribution in [2.24, 2.45) is 0 Å². The van der Waals surface area contributed by atoms with Crippen molar-refractivity contribution in [2.45, 2.75) is 21.0 Å². The van der Waals surface area contributed by atoms with Gasteiger partial charge in [-0.3, -0.25) is 0 Å². The minimum atomic E-state index is 0.101. The number of thioether (sulfide) groups is 4. The molecule has 4 rings (SSSR count). The number of hydrogen-bond donors (Lipinski definition) is 0. The summed E-state index contributed by atoms with van der Waals surface area (Å²) < 4.78 is 0.202. The number of rotatable bonds is 3. The van der Waals surface area contributed by atoms with Crippen molar-refractivity contribution in [3.8, 4) is 0 Å². The van der Waals surface area contributed by atoms with Crippen LogP contribution in [0.25, 0.3) is 0 Å². The minimum absolute atomic E-state index is 0.101. The van der Waals surface area contributed by atoms with Crippen LogP contribution in [-0.2, 0) is 8.16 Å². The van der Waals surface area contributed by atoms with Crippen molar-refractivity contribution in [1.29, 1.82) is 0 Å². The van der Waals surface area contributed by atoms with Gasteiger partial charge < -0.3 is 0 Å². The van der Waals surface area contributed by atoms with E-state index < -0.39 is 0 Å². The van der Waals surface area contributed by atoms with E-state index in [2.05, 4.69) is 108 Å². The highest BCUT2D eigenvalue weighted by Gasteiger charge is 2.57. The summed E-state index contributed by atoms with van der Waals surface area (Å²) in [5.41, 5.74) is 2.98. The van der Waals surface area contributed by atoms with Gasteiger partial charge >= 0.3 is 0 Å². The third-order valence-electron chi connectivity index (χ3n) is 4.54. The topological polar surface area (TPSA) is 0 Å². The molecule has 0 unspecified atom stereocenters. The van der Waals surface area contributed by atoms with Crippen LogP contribution in [0, 0.1) is 0 Å². The molecule has 2 saturated heterocycles. The lowest BCUT2D eigenvalue weighted by atomic mass is 10.0. The maximum atomic E-state index is 2.35.